The molecule has 0 aromatic heterocycles. The van der Waals surface area contributed by atoms with Crippen molar-refractivity contribution in [1.82, 2.24) is 0 Å². The van der Waals surface area contributed by atoms with Crippen LogP contribution in [0.2, 0.25) is 0 Å². The van der Waals surface area contributed by atoms with Crippen LogP contribution in [0.4, 0.5) is 0 Å². The highest BCUT2D eigenvalue weighted by Gasteiger charge is 2.17. The molecule has 0 saturated heterocycles. The van der Waals surface area contributed by atoms with Crippen molar-refractivity contribution in [3.05, 3.63) is 29.3 Å². The van der Waals surface area contributed by atoms with Crippen molar-refractivity contribution < 1.29 is 5.11 Å². The Morgan fingerprint density at radius 1 is 1.38 bits per heavy atom. The first-order chi connectivity index (χ1) is 6.29. The van der Waals surface area contributed by atoms with E-state index in [4.69, 9.17) is 5.26 Å². The number of rotatable bonds is 0. The number of aryl methyl sites for hydroxylation is 1. The number of hydrogen-bond acceptors (Lipinski definition) is 2. The molecular weight excluding hydrogens is 162 g/mol. The lowest BCUT2D eigenvalue weighted by atomic mass is 9.85. The average molecular weight is 173 g/mol. The van der Waals surface area contributed by atoms with E-state index in [1.165, 1.54) is 11.1 Å². The molecule has 1 unspecified atom stereocenters. The lowest BCUT2D eigenvalue weighted by molar-refractivity contribution is 0.471. The van der Waals surface area contributed by atoms with Gasteiger partial charge in [0.15, 0.2) is 0 Å². The standard InChI is InChI=1S/C11H11NO/c12-7-8-1-2-10-6-11(13)4-3-9(10)5-8/h3-4,6,8,13H,1-2,5H2. The van der Waals surface area contributed by atoms with E-state index >= 15 is 0 Å². The number of phenols is 1. The number of benzene rings is 1. The Morgan fingerprint density at radius 2 is 2.23 bits per heavy atom. The second kappa shape index (κ2) is 3.10. The molecule has 0 heterocycles. The minimum atomic E-state index is 0.164. The maximum atomic E-state index is 9.25. The number of phenolic OH excluding ortho intramolecular Hbond substituents is 1. The maximum absolute atomic E-state index is 9.25. The predicted molar refractivity (Wildman–Crippen MR) is 49.2 cm³/mol. The minimum absolute atomic E-state index is 0.164. The summed E-state index contributed by atoms with van der Waals surface area (Å²) in [6.45, 7) is 0. The van der Waals surface area contributed by atoms with Crippen LogP contribution in [0.25, 0.3) is 0 Å². The van der Waals surface area contributed by atoms with Crippen LogP contribution < -0.4 is 0 Å². The van der Waals surface area contributed by atoms with Crippen LogP contribution in [0.15, 0.2) is 18.2 Å². The predicted octanol–water partition coefficient (Wildman–Crippen LogP) is 2.02. The Balaban J connectivity index is 2.32. The van der Waals surface area contributed by atoms with E-state index < -0.39 is 0 Å². The van der Waals surface area contributed by atoms with Gasteiger partial charge in [-0.3, -0.25) is 0 Å². The summed E-state index contributed by atoms with van der Waals surface area (Å²) in [4.78, 5) is 0. The highest BCUT2D eigenvalue weighted by Crippen LogP contribution is 2.27. The molecule has 2 rings (SSSR count). The van der Waals surface area contributed by atoms with Gasteiger partial charge < -0.3 is 5.11 Å². The molecule has 0 radical (unpaired) electrons. The van der Waals surface area contributed by atoms with Gasteiger partial charge in [0, 0.05) is 0 Å². The number of hydrogen-bond donors (Lipinski definition) is 1. The summed E-state index contributed by atoms with van der Waals surface area (Å²) in [5, 5.41) is 18.0. The topological polar surface area (TPSA) is 44.0 Å². The lowest BCUT2D eigenvalue weighted by Gasteiger charge is -2.19. The Kier molecular flexibility index (Phi) is 1.94. The first-order valence-electron chi connectivity index (χ1n) is 4.50. The Hall–Kier alpha value is -1.49. The third-order valence-corrected chi connectivity index (χ3v) is 2.60. The molecule has 0 spiro atoms. The fourth-order valence-corrected chi connectivity index (χ4v) is 1.85. The van der Waals surface area contributed by atoms with Crippen LogP contribution in [-0.2, 0) is 12.8 Å². The van der Waals surface area contributed by atoms with Gasteiger partial charge in [-0.1, -0.05) is 6.07 Å². The first kappa shape index (κ1) is 8.12. The van der Waals surface area contributed by atoms with Crippen molar-refractivity contribution in [2.75, 3.05) is 0 Å². The quantitative estimate of drug-likeness (QED) is 0.652. The van der Waals surface area contributed by atoms with Gasteiger partial charge in [-0.25, -0.2) is 0 Å². The molecule has 13 heavy (non-hydrogen) atoms. The Bertz CT molecular complexity index is 365. The molecular formula is C11H11NO. The van der Waals surface area contributed by atoms with Crippen LogP contribution >= 0.6 is 0 Å². The molecule has 66 valence electrons. The highest BCUT2D eigenvalue weighted by atomic mass is 16.3. The molecule has 1 aliphatic rings. The van der Waals surface area contributed by atoms with E-state index in [0.717, 1.165) is 19.3 Å². The second-order valence-electron chi connectivity index (χ2n) is 3.52. The van der Waals surface area contributed by atoms with Crippen LogP contribution in [0, 0.1) is 17.2 Å². The van der Waals surface area contributed by atoms with Crippen molar-refractivity contribution in [2.24, 2.45) is 5.92 Å². The van der Waals surface area contributed by atoms with Gasteiger partial charge >= 0.3 is 0 Å². The van der Waals surface area contributed by atoms with Crippen LogP contribution in [0.1, 0.15) is 17.5 Å². The average Bonchev–Trinajstić information content (AvgIpc) is 2.17. The molecule has 0 aliphatic heterocycles. The number of fused-ring (bicyclic) bond motifs is 1. The van der Waals surface area contributed by atoms with Crippen LogP contribution in [0.3, 0.4) is 0 Å². The van der Waals surface area contributed by atoms with Gasteiger partial charge in [0.2, 0.25) is 0 Å². The van der Waals surface area contributed by atoms with Gasteiger partial charge in [0.1, 0.15) is 5.75 Å². The zero-order valence-electron chi connectivity index (χ0n) is 7.33. The molecule has 2 heteroatoms. The van der Waals surface area contributed by atoms with E-state index in [0.29, 0.717) is 5.75 Å². The first-order valence-corrected chi connectivity index (χ1v) is 4.50. The summed E-state index contributed by atoms with van der Waals surface area (Å²) < 4.78 is 0. The largest absolute Gasteiger partial charge is 0.508 e. The molecule has 0 amide bonds. The van der Waals surface area contributed by atoms with Crippen LogP contribution in [-0.4, -0.2) is 5.11 Å². The van der Waals surface area contributed by atoms with Crippen molar-refractivity contribution in [3.63, 3.8) is 0 Å². The van der Waals surface area contributed by atoms with E-state index in [1.807, 2.05) is 12.1 Å². The summed E-state index contributed by atoms with van der Waals surface area (Å²) >= 11 is 0. The molecule has 1 aromatic carbocycles. The third-order valence-electron chi connectivity index (χ3n) is 2.60. The second-order valence-corrected chi connectivity index (χ2v) is 3.52. The molecule has 0 saturated carbocycles. The van der Waals surface area contributed by atoms with Crippen molar-refractivity contribution in [1.29, 1.82) is 5.26 Å². The summed E-state index contributed by atoms with van der Waals surface area (Å²) in [5.41, 5.74) is 2.42. The van der Waals surface area contributed by atoms with E-state index in [1.54, 1.807) is 6.07 Å². The lowest BCUT2D eigenvalue weighted by Crippen LogP contribution is -2.12. The van der Waals surface area contributed by atoms with Crippen molar-refractivity contribution in [3.8, 4) is 11.8 Å². The molecule has 2 nitrogen and oxygen atoms in total. The van der Waals surface area contributed by atoms with E-state index in [9.17, 15) is 5.11 Å². The van der Waals surface area contributed by atoms with Gasteiger partial charge in [-0.2, -0.15) is 5.26 Å². The van der Waals surface area contributed by atoms with E-state index in [-0.39, 0.29) is 5.92 Å². The summed E-state index contributed by atoms with van der Waals surface area (Å²) in [6, 6.07) is 7.72. The maximum Gasteiger partial charge on any atom is 0.115 e. The molecule has 0 fully saturated rings. The fourth-order valence-electron chi connectivity index (χ4n) is 1.85. The van der Waals surface area contributed by atoms with Gasteiger partial charge in [0.25, 0.3) is 0 Å². The van der Waals surface area contributed by atoms with Crippen molar-refractivity contribution in [2.45, 2.75) is 19.3 Å². The van der Waals surface area contributed by atoms with Gasteiger partial charge in [0.05, 0.1) is 12.0 Å². The molecule has 1 aromatic rings. The Labute approximate surface area is 77.4 Å². The molecule has 1 aliphatic carbocycles. The van der Waals surface area contributed by atoms with Gasteiger partial charge in [-0.05, 0) is 42.5 Å². The van der Waals surface area contributed by atoms with Gasteiger partial charge in [-0.15, -0.1) is 0 Å². The molecule has 1 N–H and O–H groups in total. The normalized spacial score (nSPS) is 20.4. The smallest absolute Gasteiger partial charge is 0.115 e. The third kappa shape index (κ3) is 1.50. The number of aromatic hydroxyl groups is 1. The van der Waals surface area contributed by atoms with Crippen LogP contribution in [0.5, 0.6) is 5.75 Å². The van der Waals surface area contributed by atoms with E-state index in [2.05, 4.69) is 6.07 Å². The zero-order chi connectivity index (χ0) is 9.26. The summed E-state index contributed by atoms with van der Waals surface area (Å²) in [5.74, 6) is 0.492. The molecule has 1 atom stereocenters. The number of nitrogens with zero attached hydrogens (tertiary/aromatic N) is 1. The SMILES string of the molecule is N#CC1CCc2cc(O)ccc2C1. The van der Waals surface area contributed by atoms with Crippen molar-refractivity contribution >= 4 is 0 Å². The minimum Gasteiger partial charge on any atom is -0.508 e. The monoisotopic (exact) mass is 173 g/mol. The molecule has 0 bridgehead atoms. The highest BCUT2D eigenvalue weighted by molar-refractivity contribution is 5.37. The summed E-state index contributed by atoms with van der Waals surface area (Å²) in [6.07, 6.45) is 2.68. The zero-order valence-corrected chi connectivity index (χ0v) is 7.33. The fraction of sp³-hybridized carbons (Fsp3) is 0.364. The summed E-state index contributed by atoms with van der Waals surface area (Å²) in [7, 11) is 0. The number of nitriles is 1. The Morgan fingerprint density at radius 3 is 3.00 bits per heavy atom.